The van der Waals surface area contributed by atoms with Crippen molar-refractivity contribution in [2.75, 3.05) is 18.5 Å². The molecule has 0 bridgehead atoms. The Hall–Kier alpha value is -4.05. The van der Waals surface area contributed by atoms with E-state index in [4.69, 9.17) is 9.47 Å². The lowest BCUT2D eigenvalue weighted by Crippen LogP contribution is -2.23. The molecule has 1 amide bonds. The average molecular weight is 581 g/mol. The van der Waals surface area contributed by atoms with E-state index in [1.165, 1.54) is 22.9 Å². The van der Waals surface area contributed by atoms with Gasteiger partial charge in [0.15, 0.2) is 18.1 Å². The third kappa shape index (κ3) is 6.44. The van der Waals surface area contributed by atoms with E-state index >= 15 is 0 Å². The molecule has 0 aliphatic rings. The maximum absolute atomic E-state index is 13.3. The molecule has 38 heavy (non-hydrogen) atoms. The molecule has 0 spiro atoms. The number of hydrogen-bond donors (Lipinski definition) is 1. The number of carbonyl (C=O) groups is 1. The highest BCUT2D eigenvalue weighted by Gasteiger charge is 2.14. The molecule has 0 unspecified atom stereocenters. The van der Waals surface area contributed by atoms with Crippen LogP contribution in [0.25, 0.3) is 10.9 Å². The number of ether oxygens (including phenoxy) is 2. The number of hydrogen-bond acceptors (Lipinski definition) is 6. The first kappa shape index (κ1) is 27.0. The number of carbonyl (C=O) groups excluding carboxylic acids is 1. The molecule has 10 heteroatoms. The fourth-order valence-electron chi connectivity index (χ4n) is 3.67. The molecule has 0 radical (unpaired) electrons. The van der Waals surface area contributed by atoms with E-state index in [0.717, 1.165) is 4.47 Å². The molecule has 3 aromatic carbocycles. The van der Waals surface area contributed by atoms with Crippen LogP contribution in [0.15, 0.2) is 75.0 Å². The van der Waals surface area contributed by atoms with Gasteiger partial charge in [-0.3, -0.25) is 9.59 Å². The van der Waals surface area contributed by atoms with E-state index in [1.54, 1.807) is 42.6 Å². The van der Waals surface area contributed by atoms with Crippen molar-refractivity contribution in [3.05, 3.63) is 92.7 Å². The zero-order valence-electron chi connectivity index (χ0n) is 21.1. The quantitative estimate of drug-likeness (QED) is 0.255. The number of amides is 1. The molecule has 196 valence electrons. The van der Waals surface area contributed by atoms with Crippen molar-refractivity contribution >= 4 is 44.6 Å². The molecular weight excluding hydrogens is 555 g/mol. The van der Waals surface area contributed by atoms with Crippen molar-refractivity contribution in [3.8, 4) is 11.5 Å². The molecule has 4 aromatic rings. The van der Waals surface area contributed by atoms with E-state index in [-0.39, 0.29) is 18.1 Å². The van der Waals surface area contributed by atoms with Gasteiger partial charge in [0.2, 0.25) is 0 Å². The predicted octanol–water partition coefficient (Wildman–Crippen LogP) is 5.72. The molecule has 0 saturated heterocycles. The third-order valence-corrected chi connectivity index (χ3v) is 5.90. The van der Waals surface area contributed by atoms with Crippen LogP contribution in [-0.2, 0) is 4.79 Å². The van der Waals surface area contributed by atoms with Gasteiger partial charge < -0.3 is 14.8 Å². The van der Waals surface area contributed by atoms with Crippen molar-refractivity contribution in [2.45, 2.75) is 26.7 Å². The molecule has 0 atom stereocenters. The van der Waals surface area contributed by atoms with E-state index in [2.05, 4.69) is 31.3 Å². The highest BCUT2D eigenvalue weighted by Crippen LogP contribution is 2.28. The maximum atomic E-state index is 13.3. The lowest BCUT2D eigenvalue weighted by atomic mass is 10.2. The van der Waals surface area contributed by atoms with Crippen LogP contribution in [0.4, 0.5) is 10.1 Å². The minimum atomic E-state index is -0.449. The van der Waals surface area contributed by atoms with E-state index < -0.39 is 11.7 Å². The van der Waals surface area contributed by atoms with Crippen molar-refractivity contribution in [1.29, 1.82) is 0 Å². The Balaban J connectivity index is 1.56. The van der Waals surface area contributed by atoms with Gasteiger partial charge in [-0.05, 0) is 67.1 Å². The minimum absolute atomic E-state index is 0.0406. The third-order valence-electron chi connectivity index (χ3n) is 5.41. The van der Waals surface area contributed by atoms with Gasteiger partial charge in [-0.2, -0.15) is 9.78 Å². The number of aromatic nitrogens is 2. The van der Waals surface area contributed by atoms with Crippen molar-refractivity contribution < 1.29 is 18.7 Å². The van der Waals surface area contributed by atoms with Crippen LogP contribution in [0.2, 0.25) is 0 Å². The second-order valence-electron chi connectivity index (χ2n) is 8.63. The van der Waals surface area contributed by atoms with Gasteiger partial charge in [-0.1, -0.05) is 35.8 Å². The van der Waals surface area contributed by atoms with Crippen molar-refractivity contribution in [1.82, 2.24) is 9.66 Å². The molecule has 0 fully saturated rings. The molecule has 0 aliphatic heterocycles. The van der Waals surface area contributed by atoms with Crippen molar-refractivity contribution in [3.63, 3.8) is 0 Å². The number of nitrogens with one attached hydrogen (secondary N) is 1. The fraction of sp³-hybridized carbons (Fsp3) is 0.214. The molecule has 0 saturated carbocycles. The zero-order valence-corrected chi connectivity index (χ0v) is 22.7. The molecule has 1 N–H and O–H groups in total. The van der Waals surface area contributed by atoms with E-state index in [0.29, 0.717) is 46.1 Å². The summed E-state index contributed by atoms with van der Waals surface area (Å²) < 4.78 is 26.8. The van der Waals surface area contributed by atoms with Crippen LogP contribution in [0.5, 0.6) is 11.5 Å². The standard InChI is InChI=1S/C28H26BrFN4O4/c1-4-37-25-12-18(8-11-24(25)38-16-26(35)32-21-7-5-6-20(30)14-21)15-31-34-27(17(2)3)33-23-10-9-19(29)13-22(23)28(34)36/h5-15,17H,4,16H2,1-3H3,(H,32,35). The number of anilines is 1. The fourth-order valence-corrected chi connectivity index (χ4v) is 4.04. The lowest BCUT2D eigenvalue weighted by molar-refractivity contribution is -0.118. The Morgan fingerprint density at radius 1 is 1.13 bits per heavy atom. The summed E-state index contributed by atoms with van der Waals surface area (Å²) in [6, 6.07) is 16.1. The first-order chi connectivity index (χ1) is 18.2. The normalized spacial score (nSPS) is 11.3. The van der Waals surface area contributed by atoms with Crippen LogP contribution in [0.1, 0.15) is 38.1 Å². The molecular formula is C28H26BrFN4O4. The summed E-state index contributed by atoms with van der Waals surface area (Å²) in [7, 11) is 0. The summed E-state index contributed by atoms with van der Waals surface area (Å²) in [5, 5.41) is 7.48. The van der Waals surface area contributed by atoms with Crippen LogP contribution >= 0.6 is 15.9 Å². The highest BCUT2D eigenvalue weighted by atomic mass is 79.9. The van der Waals surface area contributed by atoms with Gasteiger partial charge in [0.1, 0.15) is 11.6 Å². The van der Waals surface area contributed by atoms with E-state index in [1.807, 2.05) is 26.8 Å². The summed E-state index contributed by atoms with van der Waals surface area (Å²) in [5.41, 5.74) is 1.32. The minimum Gasteiger partial charge on any atom is -0.490 e. The largest absolute Gasteiger partial charge is 0.490 e. The number of rotatable bonds is 9. The Labute approximate surface area is 227 Å². The highest BCUT2D eigenvalue weighted by molar-refractivity contribution is 9.10. The Morgan fingerprint density at radius 3 is 2.68 bits per heavy atom. The number of fused-ring (bicyclic) bond motifs is 1. The van der Waals surface area contributed by atoms with Gasteiger partial charge in [0, 0.05) is 16.1 Å². The van der Waals surface area contributed by atoms with Gasteiger partial charge >= 0.3 is 0 Å². The summed E-state index contributed by atoms with van der Waals surface area (Å²) in [6.07, 6.45) is 1.54. The summed E-state index contributed by atoms with van der Waals surface area (Å²) in [4.78, 5) is 30.1. The Bertz CT molecular complexity index is 1570. The monoisotopic (exact) mass is 580 g/mol. The van der Waals surface area contributed by atoms with Crippen LogP contribution in [0.3, 0.4) is 0 Å². The molecule has 8 nitrogen and oxygen atoms in total. The average Bonchev–Trinajstić information content (AvgIpc) is 2.88. The summed E-state index contributed by atoms with van der Waals surface area (Å²) in [5.74, 6) is 0.369. The molecule has 4 rings (SSSR count). The number of nitrogens with zero attached hydrogens (tertiary/aromatic N) is 3. The Morgan fingerprint density at radius 2 is 1.95 bits per heavy atom. The summed E-state index contributed by atoms with van der Waals surface area (Å²) in [6.45, 7) is 5.79. The SMILES string of the molecule is CCOc1cc(C=Nn2c(C(C)C)nc3ccc(Br)cc3c2=O)ccc1OCC(=O)Nc1cccc(F)c1. The zero-order chi connectivity index (χ0) is 27.2. The maximum Gasteiger partial charge on any atom is 0.282 e. The van der Waals surface area contributed by atoms with Gasteiger partial charge in [0.25, 0.3) is 11.5 Å². The molecule has 1 heterocycles. The van der Waals surface area contributed by atoms with Crippen LogP contribution < -0.4 is 20.3 Å². The van der Waals surface area contributed by atoms with Gasteiger partial charge in [0.05, 0.1) is 23.7 Å². The molecule has 1 aromatic heterocycles. The lowest BCUT2D eigenvalue weighted by Gasteiger charge is -2.13. The van der Waals surface area contributed by atoms with Gasteiger partial charge in [-0.15, -0.1) is 0 Å². The second-order valence-corrected chi connectivity index (χ2v) is 9.55. The van der Waals surface area contributed by atoms with Crippen molar-refractivity contribution in [2.24, 2.45) is 5.10 Å². The first-order valence-electron chi connectivity index (χ1n) is 12.0. The van der Waals surface area contributed by atoms with Gasteiger partial charge in [-0.25, -0.2) is 9.37 Å². The second kappa shape index (κ2) is 12.0. The smallest absolute Gasteiger partial charge is 0.282 e. The van der Waals surface area contributed by atoms with Crippen LogP contribution in [0, 0.1) is 5.82 Å². The number of benzene rings is 3. The first-order valence-corrected chi connectivity index (χ1v) is 12.8. The molecule has 0 aliphatic carbocycles. The predicted molar refractivity (Wildman–Crippen MR) is 149 cm³/mol. The van der Waals surface area contributed by atoms with E-state index in [9.17, 15) is 14.0 Å². The Kier molecular flexibility index (Phi) is 8.52. The van der Waals surface area contributed by atoms with Crippen LogP contribution in [-0.4, -0.2) is 35.0 Å². The topological polar surface area (TPSA) is 94.8 Å². The number of halogens is 2. The summed E-state index contributed by atoms with van der Waals surface area (Å²) >= 11 is 3.40.